The Balaban J connectivity index is 1.61. The van der Waals surface area contributed by atoms with E-state index in [1.54, 1.807) is 0 Å². The van der Waals surface area contributed by atoms with Crippen LogP contribution in [-0.4, -0.2) is 74.1 Å². The maximum Gasteiger partial charge on any atom is 0.234 e. The van der Waals surface area contributed by atoms with Gasteiger partial charge >= 0.3 is 0 Å². The number of carbonyl (C=O) groups excluding carboxylic acids is 1. The number of rotatable bonds is 5. The van der Waals surface area contributed by atoms with Gasteiger partial charge in [0.25, 0.3) is 0 Å². The van der Waals surface area contributed by atoms with Gasteiger partial charge in [0.15, 0.2) is 0 Å². The molecule has 0 aliphatic carbocycles. The van der Waals surface area contributed by atoms with Crippen LogP contribution in [-0.2, 0) is 4.79 Å². The molecule has 18 heavy (non-hydrogen) atoms. The van der Waals surface area contributed by atoms with Crippen LogP contribution in [0.1, 0.15) is 19.8 Å². The Morgan fingerprint density at radius 2 is 1.89 bits per heavy atom. The quantitative estimate of drug-likeness (QED) is 0.694. The topological polar surface area (TPSA) is 47.6 Å². The number of hydrogen-bond donors (Lipinski definition) is 2. The summed E-state index contributed by atoms with van der Waals surface area (Å²) in [6.07, 6.45) is 2.61. The normalized spacial score (nSPS) is 24.1. The van der Waals surface area contributed by atoms with Gasteiger partial charge in [0.2, 0.25) is 5.91 Å². The summed E-state index contributed by atoms with van der Waals surface area (Å²) < 4.78 is 0. The minimum absolute atomic E-state index is 0.169. The van der Waals surface area contributed by atoms with Crippen LogP contribution in [0.3, 0.4) is 0 Å². The average Bonchev–Trinajstić information content (AvgIpc) is 2.91. The van der Waals surface area contributed by atoms with Crippen molar-refractivity contribution in [2.24, 2.45) is 0 Å². The Kier molecular flexibility index (Phi) is 5.41. The zero-order valence-corrected chi connectivity index (χ0v) is 11.5. The van der Waals surface area contributed by atoms with Crippen molar-refractivity contribution in [3.8, 4) is 0 Å². The fraction of sp³-hybridized carbons (Fsp3) is 0.923. The van der Waals surface area contributed by atoms with Gasteiger partial charge in [0.1, 0.15) is 0 Å². The molecule has 0 radical (unpaired) electrons. The molecule has 0 aromatic heterocycles. The third-order valence-electron chi connectivity index (χ3n) is 3.94. The summed E-state index contributed by atoms with van der Waals surface area (Å²) in [7, 11) is 0. The van der Waals surface area contributed by atoms with Crippen molar-refractivity contribution >= 4 is 5.91 Å². The fourth-order valence-electron chi connectivity index (χ4n) is 2.70. The number of likely N-dealkylation sites (tertiary alicyclic amines) is 1. The standard InChI is InChI=1S/C13H26N4O/c1-12(17-6-2-3-7-17)10-15-13(18)11-16-8-4-14-5-9-16/h12,14H,2-11H2,1H3,(H,15,18). The first-order valence-electron chi connectivity index (χ1n) is 7.19. The highest BCUT2D eigenvalue weighted by Crippen LogP contribution is 2.10. The number of piperazine rings is 1. The van der Waals surface area contributed by atoms with Crippen molar-refractivity contribution in [3.05, 3.63) is 0 Å². The summed E-state index contributed by atoms with van der Waals surface area (Å²) in [5, 5.41) is 6.36. The molecular weight excluding hydrogens is 228 g/mol. The Morgan fingerprint density at radius 3 is 2.56 bits per heavy atom. The lowest BCUT2D eigenvalue weighted by Crippen LogP contribution is -2.49. The molecule has 2 rings (SSSR count). The summed E-state index contributed by atoms with van der Waals surface area (Å²) in [6, 6.07) is 0.472. The molecule has 1 unspecified atom stereocenters. The Bertz CT molecular complexity index is 260. The van der Waals surface area contributed by atoms with Crippen LogP contribution in [0.25, 0.3) is 0 Å². The first kappa shape index (κ1) is 13.8. The second kappa shape index (κ2) is 7.07. The van der Waals surface area contributed by atoms with Gasteiger partial charge < -0.3 is 10.6 Å². The highest BCUT2D eigenvalue weighted by Gasteiger charge is 2.19. The van der Waals surface area contributed by atoms with Crippen molar-refractivity contribution in [1.29, 1.82) is 0 Å². The van der Waals surface area contributed by atoms with E-state index in [1.165, 1.54) is 25.9 Å². The predicted molar refractivity (Wildman–Crippen MR) is 72.6 cm³/mol. The smallest absolute Gasteiger partial charge is 0.234 e. The van der Waals surface area contributed by atoms with Crippen molar-refractivity contribution in [2.45, 2.75) is 25.8 Å². The summed E-state index contributed by atoms with van der Waals surface area (Å²) in [6.45, 7) is 9.87. The van der Waals surface area contributed by atoms with Crippen LogP contribution in [0.15, 0.2) is 0 Å². The third kappa shape index (κ3) is 4.23. The molecule has 2 saturated heterocycles. The minimum Gasteiger partial charge on any atom is -0.353 e. The fourth-order valence-corrected chi connectivity index (χ4v) is 2.70. The summed E-state index contributed by atoms with van der Waals surface area (Å²) in [4.78, 5) is 16.5. The van der Waals surface area contributed by atoms with E-state index in [1.807, 2.05) is 0 Å². The summed E-state index contributed by atoms with van der Waals surface area (Å²) >= 11 is 0. The maximum atomic E-state index is 11.8. The van der Waals surface area contributed by atoms with Crippen molar-refractivity contribution in [2.75, 3.05) is 52.4 Å². The number of hydrogen-bond acceptors (Lipinski definition) is 4. The van der Waals surface area contributed by atoms with Crippen LogP contribution in [0, 0.1) is 0 Å². The molecule has 104 valence electrons. The van der Waals surface area contributed by atoms with Gasteiger partial charge in [-0.2, -0.15) is 0 Å². The Labute approximate surface area is 110 Å². The molecule has 2 aliphatic heterocycles. The zero-order valence-electron chi connectivity index (χ0n) is 11.5. The minimum atomic E-state index is 0.169. The Hall–Kier alpha value is -0.650. The predicted octanol–water partition coefficient (Wildman–Crippen LogP) is -0.508. The second-order valence-corrected chi connectivity index (χ2v) is 5.42. The number of amides is 1. The van der Waals surface area contributed by atoms with E-state index >= 15 is 0 Å². The van der Waals surface area contributed by atoms with E-state index in [-0.39, 0.29) is 5.91 Å². The van der Waals surface area contributed by atoms with Crippen LogP contribution >= 0.6 is 0 Å². The lowest BCUT2D eigenvalue weighted by molar-refractivity contribution is -0.122. The molecule has 2 aliphatic rings. The molecule has 0 bridgehead atoms. The molecule has 1 amide bonds. The van der Waals surface area contributed by atoms with Crippen LogP contribution in [0.5, 0.6) is 0 Å². The van der Waals surface area contributed by atoms with Crippen LogP contribution in [0.2, 0.25) is 0 Å². The van der Waals surface area contributed by atoms with E-state index < -0.39 is 0 Å². The van der Waals surface area contributed by atoms with Gasteiger partial charge in [0, 0.05) is 38.8 Å². The SMILES string of the molecule is CC(CNC(=O)CN1CCNCC1)N1CCCC1. The number of carbonyl (C=O) groups is 1. The Morgan fingerprint density at radius 1 is 1.22 bits per heavy atom. The average molecular weight is 254 g/mol. The summed E-state index contributed by atoms with van der Waals surface area (Å²) in [5.41, 5.74) is 0. The molecule has 2 N–H and O–H groups in total. The van der Waals surface area contributed by atoms with E-state index in [2.05, 4.69) is 27.4 Å². The molecule has 5 nitrogen and oxygen atoms in total. The van der Waals surface area contributed by atoms with Gasteiger partial charge in [-0.05, 0) is 32.9 Å². The van der Waals surface area contributed by atoms with Gasteiger partial charge in [-0.25, -0.2) is 0 Å². The summed E-state index contributed by atoms with van der Waals surface area (Å²) in [5.74, 6) is 0.169. The lowest BCUT2D eigenvalue weighted by Gasteiger charge is -2.27. The zero-order chi connectivity index (χ0) is 12.8. The molecule has 2 fully saturated rings. The van der Waals surface area contributed by atoms with Gasteiger partial charge in [-0.15, -0.1) is 0 Å². The molecule has 0 aromatic carbocycles. The molecule has 5 heteroatoms. The van der Waals surface area contributed by atoms with Crippen molar-refractivity contribution in [1.82, 2.24) is 20.4 Å². The highest BCUT2D eigenvalue weighted by atomic mass is 16.2. The van der Waals surface area contributed by atoms with Crippen molar-refractivity contribution < 1.29 is 4.79 Å². The van der Waals surface area contributed by atoms with Crippen LogP contribution < -0.4 is 10.6 Å². The largest absolute Gasteiger partial charge is 0.353 e. The second-order valence-electron chi connectivity index (χ2n) is 5.42. The molecule has 0 aromatic rings. The molecular formula is C13H26N4O. The van der Waals surface area contributed by atoms with E-state index in [9.17, 15) is 4.79 Å². The monoisotopic (exact) mass is 254 g/mol. The molecule has 0 spiro atoms. The highest BCUT2D eigenvalue weighted by molar-refractivity contribution is 5.78. The van der Waals surface area contributed by atoms with E-state index in [0.717, 1.165) is 32.7 Å². The van der Waals surface area contributed by atoms with E-state index in [0.29, 0.717) is 12.6 Å². The molecule has 2 heterocycles. The number of nitrogens with one attached hydrogen (secondary N) is 2. The van der Waals surface area contributed by atoms with Gasteiger partial charge in [-0.3, -0.25) is 14.6 Å². The first-order chi connectivity index (χ1) is 8.75. The van der Waals surface area contributed by atoms with Crippen LogP contribution in [0.4, 0.5) is 0 Å². The maximum absolute atomic E-state index is 11.8. The van der Waals surface area contributed by atoms with E-state index in [4.69, 9.17) is 0 Å². The third-order valence-corrected chi connectivity index (χ3v) is 3.94. The first-order valence-corrected chi connectivity index (χ1v) is 7.19. The number of nitrogens with zero attached hydrogens (tertiary/aromatic N) is 2. The lowest BCUT2D eigenvalue weighted by atomic mass is 10.3. The molecule has 0 saturated carbocycles. The van der Waals surface area contributed by atoms with Gasteiger partial charge in [0.05, 0.1) is 6.54 Å². The van der Waals surface area contributed by atoms with Crippen molar-refractivity contribution in [3.63, 3.8) is 0 Å². The molecule has 1 atom stereocenters. The van der Waals surface area contributed by atoms with Gasteiger partial charge in [-0.1, -0.05) is 0 Å².